The lowest BCUT2D eigenvalue weighted by atomic mass is 10.0. The smallest absolute Gasteiger partial charge is 0.126 e. The van der Waals surface area contributed by atoms with Gasteiger partial charge in [-0.3, -0.25) is 0 Å². The topological polar surface area (TPSA) is 51.8 Å². The van der Waals surface area contributed by atoms with Gasteiger partial charge < -0.3 is 24.8 Å². The van der Waals surface area contributed by atoms with Crippen molar-refractivity contribution in [3.05, 3.63) is 72.3 Å². The maximum Gasteiger partial charge on any atom is 0.126 e. The first-order valence-corrected chi connectivity index (χ1v) is 10.1. The van der Waals surface area contributed by atoms with Crippen LogP contribution in [0.15, 0.2) is 66.7 Å². The summed E-state index contributed by atoms with van der Waals surface area (Å²) in [4.78, 5) is 0. The number of nitrogens with one attached hydrogen (secondary N) is 2. The predicted octanol–water partition coefficient (Wildman–Crippen LogP) is 5.14. The highest BCUT2D eigenvalue weighted by Crippen LogP contribution is 2.30. The molecule has 30 heavy (non-hydrogen) atoms. The van der Waals surface area contributed by atoms with Gasteiger partial charge in [0.15, 0.2) is 0 Å². The van der Waals surface area contributed by atoms with E-state index in [2.05, 4.69) is 47.9 Å². The molecule has 0 aliphatic carbocycles. The Hall–Kier alpha value is -3.18. The second-order valence-electron chi connectivity index (χ2n) is 7.03. The molecule has 1 atom stereocenters. The van der Waals surface area contributed by atoms with Gasteiger partial charge >= 0.3 is 0 Å². The molecule has 0 saturated carbocycles. The average molecular weight is 407 g/mol. The minimum absolute atomic E-state index is 0.248. The van der Waals surface area contributed by atoms with Crippen LogP contribution in [0.1, 0.15) is 18.5 Å². The fourth-order valence-electron chi connectivity index (χ4n) is 3.36. The van der Waals surface area contributed by atoms with Crippen LogP contribution in [0.2, 0.25) is 0 Å². The molecule has 3 rings (SSSR count). The van der Waals surface area contributed by atoms with Crippen molar-refractivity contribution >= 4 is 5.69 Å². The lowest BCUT2D eigenvalue weighted by Gasteiger charge is -2.16. The zero-order valence-electron chi connectivity index (χ0n) is 18.1. The molecule has 5 heteroatoms. The second-order valence-corrected chi connectivity index (χ2v) is 7.03. The number of para-hydroxylation sites is 1. The first kappa shape index (κ1) is 21.5. The Morgan fingerprint density at radius 2 is 1.43 bits per heavy atom. The SMILES string of the molecule is COc1cc(NCCNC(C)c2ccc(-c3ccccc3OC)cc2)cc(OC)c1. The van der Waals surface area contributed by atoms with Crippen LogP contribution in [0, 0.1) is 0 Å². The van der Waals surface area contributed by atoms with E-state index in [0.717, 1.165) is 47.2 Å². The van der Waals surface area contributed by atoms with E-state index in [1.54, 1.807) is 21.3 Å². The lowest BCUT2D eigenvalue weighted by molar-refractivity contribution is 0.394. The molecule has 2 N–H and O–H groups in total. The van der Waals surface area contributed by atoms with E-state index in [4.69, 9.17) is 14.2 Å². The third-order valence-electron chi connectivity index (χ3n) is 5.08. The molecule has 3 aromatic rings. The molecule has 0 radical (unpaired) electrons. The Labute approximate surface area is 179 Å². The van der Waals surface area contributed by atoms with Crippen molar-refractivity contribution in [2.45, 2.75) is 13.0 Å². The van der Waals surface area contributed by atoms with E-state index < -0.39 is 0 Å². The highest BCUT2D eigenvalue weighted by Gasteiger charge is 2.08. The standard InChI is InChI=1S/C25H30N2O3/c1-18(26-13-14-27-21-15-22(28-2)17-23(16-21)29-3)19-9-11-20(12-10-19)24-7-5-6-8-25(24)30-4/h5-12,15-18,26-27H,13-14H2,1-4H3. The van der Waals surface area contributed by atoms with Crippen molar-refractivity contribution in [1.82, 2.24) is 5.32 Å². The zero-order chi connectivity index (χ0) is 21.3. The number of ether oxygens (including phenoxy) is 3. The summed E-state index contributed by atoms with van der Waals surface area (Å²) in [6.45, 7) is 3.79. The van der Waals surface area contributed by atoms with Gasteiger partial charge in [-0.15, -0.1) is 0 Å². The summed E-state index contributed by atoms with van der Waals surface area (Å²) in [5.41, 5.74) is 4.47. The molecule has 0 saturated heterocycles. The molecule has 0 aliphatic heterocycles. The van der Waals surface area contributed by atoms with Crippen LogP contribution in [-0.2, 0) is 0 Å². The third-order valence-corrected chi connectivity index (χ3v) is 5.08. The summed E-state index contributed by atoms with van der Waals surface area (Å²) in [5, 5.41) is 6.97. The van der Waals surface area contributed by atoms with Gasteiger partial charge in [0.2, 0.25) is 0 Å². The molecule has 0 aromatic heterocycles. The molecule has 0 fully saturated rings. The van der Waals surface area contributed by atoms with Crippen molar-refractivity contribution in [2.75, 3.05) is 39.7 Å². The average Bonchev–Trinajstić information content (AvgIpc) is 2.81. The van der Waals surface area contributed by atoms with Crippen LogP contribution >= 0.6 is 0 Å². The molecule has 158 valence electrons. The number of hydrogen-bond acceptors (Lipinski definition) is 5. The normalized spacial score (nSPS) is 11.6. The number of hydrogen-bond donors (Lipinski definition) is 2. The van der Waals surface area contributed by atoms with Crippen molar-refractivity contribution in [3.8, 4) is 28.4 Å². The minimum Gasteiger partial charge on any atom is -0.497 e. The fourth-order valence-corrected chi connectivity index (χ4v) is 3.36. The van der Waals surface area contributed by atoms with E-state index in [-0.39, 0.29) is 6.04 Å². The van der Waals surface area contributed by atoms with Crippen LogP contribution < -0.4 is 24.8 Å². The largest absolute Gasteiger partial charge is 0.497 e. The summed E-state index contributed by atoms with van der Waals surface area (Å²) < 4.78 is 16.1. The summed E-state index contributed by atoms with van der Waals surface area (Å²) in [6, 6.07) is 22.7. The predicted molar refractivity (Wildman–Crippen MR) is 123 cm³/mol. The Bertz CT molecular complexity index is 919. The summed E-state index contributed by atoms with van der Waals surface area (Å²) in [6.07, 6.45) is 0. The molecular weight excluding hydrogens is 376 g/mol. The van der Waals surface area contributed by atoms with E-state index in [0.29, 0.717) is 0 Å². The molecular formula is C25H30N2O3. The van der Waals surface area contributed by atoms with Gasteiger partial charge in [-0.2, -0.15) is 0 Å². The van der Waals surface area contributed by atoms with Gasteiger partial charge in [-0.25, -0.2) is 0 Å². The van der Waals surface area contributed by atoms with E-state index in [1.807, 2.05) is 36.4 Å². The Balaban J connectivity index is 1.53. The van der Waals surface area contributed by atoms with E-state index in [9.17, 15) is 0 Å². The summed E-state index contributed by atoms with van der Waals surface area (Å²) in [5.74, 6) is 2.43. The van der Waals surface area contributed by atoms with E-state index in [1.165, 1.54) is 5.56 Å². The first-order valence-electron chi connectivity index (χ1n) is 10.1. The summed E-state index contributed by atoms with van der Waals surface area (Å²) in [7, 11) is 5.01. The van der Waals surface area contributed by atoms with Crippen LogP contribution in [-0.4, -0.2) is 34.4 Å². The quantitative estimate of drug-likeness (QED) is 0.457. The molecule has 5 nitrogen and oxygen atoms in total. The number of methoxy groups -OCH3 is 3. The van der Waals surface area contributed by atoms with Gasteiger partial charge in [0, 0.05) is 48.6 Å². The third kappa shape index (κ3) is 5.45. The van der Waals surface area contributed by atoms with Gasteiger partial charge in [-0.05, 0) is 24.1 Å². The van der Waals surface area contributed by atoms with Crippen molar-refractivity contribution in [1.29, 1.82) is 0 Å². The van der Waals surface area contributed by atoms with Gasteiger partial charge in [0.25, 0.3) is 0 Å². The molecule has 1 unspecified atom stereocenters. The minimum atomic E-state index is 0.248. The fraction of sp³-hybridized carbons (Fsp3) is 0.280. The Morgan fingerprint density at radius 1 is 0.767 bits per heavy atom. The van der Waals surface area contributed by atoms with Crippen LogP contribution in [0.5, 0.6) is 17.2 Å². The monoisotopic (exact) mass is 406 g/mol. The maximum atomic E-state index is 5.47. The highest BCUT2D eigenvalue weighted by molar-refractivity contribution is 5.70. The summed E-state index contributed by atoms with van der Waals surface area (Å²) >= 11 is 0. The van der Waals surface area contributed by atoms with E-state index >= 15 is 0 Å². The molecule has 0 bridgehead atoms. The highest BCUT2D eigenvalue weighted by atomic mass is 16.5. The van der Waals surface area contributed by atoms with Gasteiger partial charge in [0.1, 0.15) is 17.2 Å². The first-order chi connectivity index (χ1) is 14.6. The number of anilines is 1. The van der Waals surface area contributed by atoms with Crippen molar-refractivity contribution < 1.29 is 14.2 Å². The van der Waals surface area contributed by atoms with Crippen molar-refractivity contribution in [2.24, 2.45) is 0 Å². The molecule has 0 amide bonds. The second kappa shape index (κ2) is 10.6. The van der Waals surface area contributed by atoms with Crippen LogP contribution in [0.3, 0.4) is 0 Å². The Kier molecular flexibility index (Phi) is 7.57. The van der Waals surface area contributed by atoms with Crippen molar-refractivity contribution in [3.63, 3.8) is 0 Å². The maximum absolute atomic E-state index is 5.47. The molecule has 0 spiro atoms. The Morgan fingerprint density at radius 3 is 2.07 bits per heavy atom. The number of rotatable bonds is 10. The zero-order valence-corrected chi connectivity index (χ0v) is 18.1. The van der Waals surface area contributed by atoms with Gasteiger partial charge in [0.05, 0.1) is 21.3 Å². The molecule has 0 heterocycles. The molecule has 0 aliphatic rings. The lowest BCUT2D eigenvalue weighted by Crippen LogP contribution is -2.25. The van der Waals surface area contributed by atoms with Gasteiger partial charge in [-0.1, -0.05) is 42.5 Å². The van der Waals surface area contributed by atoms with Crippen LogP contribution in [0.4, 0.5) is 5.69 Å². The molecule has 3 aromatic carbocycles. The van der Waals surface area contributed by atoms with Crippen LogP contribution in [0.25, 0.3) is 11.1 Å². The number of benzene rings is 3.